The number of nitrogens with one attached hydrogen (secondary N) is 2. The second kappa shape index (κ2) is 6.42. The fraction of sp³-hybridized carbons (Fsp3) is 0.294. The third-order valence-electron chi connectivity index (χ3n) is 4.74. The maximum Gasteiger partial charge on any atom is 0.250 e. The number of aryl methyl sites for hydroxylation is 1. The van der Waals surface area contributed by atoms with Gasteiger partial charge in [0.15, 0.2) is 0 Å². The largest absolute Gasteiger partial charge is 0.369 e. The van der Waals surface area contributed by atoms with E-state index in [2.05, 4.69) is 33.4 Å². The van der Waals surface area contributed by atoms with Gasteiger partial charge in [-0.1, -0.05) is 0 Å². The summed E-state index contributed by atoms with van der Waals surface area (Å²) in [4.78, 5) is 17.4. The zero-order valence-electron chi connectivity index (χ0n) is 14.1. The lowest BCUT2D eigenvalue weighted by Gasteiger charge is -2.37. The number of anilines is 1. The third-order valence-corrected chi connectivity index (χ3v) is 4.74. The van der Waals surface area contributed by atoms with Gasteiger partial charge in [-0.15, -0.1) is 12.4 Å². The van der Waals surface area contributed by atoms with Crippen LogP contribution in [0.15, 0.2) is 30.6 Å². The van der Waals surface area contributed by atoms with Crippen molar-refractivity contribution >= 4 is 34.9 Å². The van der Waals surface area contributed by atoms with Crippen molar-refractivity contribution < 1.29 is 4.79 Å². The first-order valence-electron chi connectivity index (χ1n) is 7.92. The summed E-state index contributed by atoms with van der Waals surface area (Å²) in [5.41, 5.74) is 9.83. The predicted molar refractivity (Wildman–Crippen MR) is 101 cm³/mol. The molecule has 1 aromatic carbocycles. The van der Waals surface area contributed by atoms with Gasteiger partial charge in [-0.3, -0.25) is 9.48 Å². The standard InChI is InChI=1S/C17H20N6O.ClH/c1-22-9-10(6-20-22)14-5-13-15(23(2)11-7-19-8-11)4-3-12(17(18)24)16(13)21-14;/h3-6,9,11,19,21H,7-8H2,1-2H3,(H2,18,24);1H. The minimum absolute atomic E-state index is 0. The Bertz CT molecular complexity index is 927. The molecule has 7 nitrogen and oxygen atoms in total. The van der Waals surface area contributed by atoms with E-state index >= 15 is 0 Å². The molecule has 0 bridgehead atoms. The highest BCUT2D eigenvalue weighted by Gasteiger charge is 2.24. The fourth-order valence-electron chi connectivity index (χ4n) is 3.18. The monoisotopic (exact) mass is 360 g/mol. The van der Waals surface area contributed by atoms with Crippen LogP contribution in [0.4, 0.5) is 5.69 Å². The Balaban J connectivity index is 0.00000182. The van der Waals surface area contributed by atoms with Gasteiger partial charge < -0.3 is 20.9 Å². The quantitative estimate of drug-likeness (QED) is 0.657. The topological polar surface area (TPSA) is 92.0 Å². The minimum atomic E-state index is -0.431. The molecule has 1 aliphatic heterocycles. The Morgan fingerprint density at radius 2 is 2.16 bits per heavy atom. The maximum absolute atomic E-state index is 11.8. The number of primary amides is 1. The van der Waals surface area contributed by atoms with E-state index in [1.54, 1.807) is 16.9 Å². The van der Waals surface area contributed by atoms with Crippen molar-refractivity contribution in [3.8, 4) is 11.3 Å². The van der Waals surface area contributed by atoms with Crippen molar-refractivity contribution in [2.24, 2.45) is 12.8 Å². The molecule has 0 spiro atoms. The second-order valence-electron chi connectivity index (χ2n) is 6.29. The summed E-state index contributed by atoms with van der Waals surface area (Å²) in [6.45, 7) is 1.94. The van der Waals surface area contributed by atoms with Crippen molar-refractivity contribution in [2.75, 3.05) is 25.0 Å². The van der Waals surface area contributed by atoms with Crippen LogP contribution in [0.5, 0.6) is 0 Å². The van der Waals surface area contributed by atoms with Crippen molar-refractivity contribution in [3.63, 3.8) is 0 Å². The average molecular weight is 361 g/mol. The number of likely N-dealkylation sites (N-methyl/N-ethyl adjacent to an activating group) is 1. The molecule has 0 atom stereocenters. The van der Waals surface area contributed by atoms with Gasteiger partial charge >= 0.3 is 0 Å². The lowest BCUT2D eigenvalue weighted by Crippen LogP contribution is -2.56. The number of aromatic nitrogens is 3. The lowest BCUT2D eigenvalue weighted by atomic mass is 10.1. The molecule has 0 aliphatic carbocycles. The van der Waals surface area contributed by atoms with Crippen molar-refractivity contribution in [3.05, 3.63) is 36.2 Å². The Hall–Kier alpha value is -2.51. The molecule has 0 unspecified atom stereocenters. The van der Waals surface area contributed by atoms with Crippen molar-refractivity contribution in [2.45, 2.75) is 6.04 Å². The molecule has 132 valence electrons. The number of nitrogens with two attached hydrogens (primary N) is 1. The Morgan fingerprint density at radius 1 is 1.40 bits per heavy atom. The molecule has 3 heterocycles. The number of aromatic amines is 1. The normalized spacial score (nSPS) is 14.2. The highest BCUT2D eigenvalue weighted by atomic mass is 35.5. The number of carbonyl (C=O) groups excluding carboxylic acids is 1. The van der Waals surface area contributed by atoms with Gasteiger partial charge in [0.25, 0.3) is 5.91 Å². The van der Waals surface area contributed by atoms with Crippen LogP contribution in [0.2, 0.25) is 0 Å². The van der Waals surface area contributed by atoms with E-state index in [4.69, 9.17) is 5.73 Å². The number of nitrogens with zero attached hydrogens (tertiary/aromatic N) is 3. The summed E-state index contributed by atoms with van der Waals surface area (Å²) in [5, 5.41) is 8.50. The van der Waals surface area contributed by atoms with Gasteiger partial charge in [-0.25, -0.2) is 0 Å². The van der Waals surface area contributed by atoms with Gasteiger partial charge in [-0.05, 0) is 18.2 Å². The highest BCUT2D eigenvalue weighted by molar-refractivity contribution is 6.09. The van der Waals surface area contributed by atoms with Gasteiger partial charge in [0.1, 0.15) is 0 Å². The van der Waals surface area contributed by atoms with E-state index in [-0.39, 0.29) is 12.4 Å². The van der Waals surface area contributed by atoms with Gasteiger partial charge in [0.05, 0.1) is 23.3 Å². The van der Waals surface area contributed by atoms with Gasteiger partial charge in [-0.2, -0.15) is 5.10 Å². The fourth-order valence-corrected chi connectivity index (χ4v) is 3.18. The molecule has 3 aromatic rings. The summed E-state index contributed by atoms with van der Waals surface area (Å²) in [6, 6.07) is 6.30. The molecule has 1 saturated heterocycles. The van der Waals surface area contributed by atoms with Crippen LogP contribution in [0.25, 0.3) is 22.2 Å². The first-order valence-corrected chi connectivity index (χ1v) is 7.92. The highest BCUT2D eigenvalue weighted by Crippen LogP contribution is 2.34. The van der Waals surface area contributed by atoms with E-state index in [0.717, 1.165) is 40.9 Å². The minimum Gasteiger partial charge on any atom is -0.369 e. The zero-order chi connectivity index (χ0) is 16.8. The van der Waals surface area contributed by atoms with Gasteiger partial charge in [0.2, 0.25) is 0 Å². The van der Waals surface area contributed by atoms with Crippen LogP contribution >= 0.6 is 12.4 Å². The molecule has 0 radical (unpaired) electrons. The summed E-state index contributed by atoms with van der Waals surface area (Å²) in [6.07, 6.45) is 3.74. The van der Waals surface area contributed by atoms with E-state index in [1.807, 2.05) is 19.3 Å². The molecule has 1 aliphatic rings. The molecule has 1 fully saturated rings. The average Bonchev–Trinajstić information content (AvgIpc) is 3.09. The van der Waals surface area contributed by atoms with Crippen LogP contribution < -0.4 is 16.0 Å². The van der Waals surface area contributed by atoms with Crippen LogP contribution in [0.3, 0.4) is 0 Å². The summed E-state index contributed by atoms with van der Waals surface area (Å²) in [7, 11) is 3.96. The summed E-state index contributed by atoms with van der Waals surface area (Å²) >= 11 is 0. The number of hydrogen-bond acceptors (Lipinski definition) is 4. The van der Waals surface area contributed by atoms with Crippen LogP contribution in [0.1, 0.15) is 10.4 Å². The van der Waals surface area contributed by atoms with Gasteiger partial charge in [0, 0.05) is 55.7 Å². The number of rotatable bonds is 4. The van der Waals surface area contributed by atoms with Crippen molar-refractivity contribution in [1.29, 1.82) is 0 Å². The first-order chi connectivity index (χ1) is 11.5. The molecule has 0 saturated carbocycles. The van der Waals surface area contributed by atoms with E-state index in [9.17, 15) is 4.79 Å². The second-order valence-corrected chi connectivity index (χ2v) is 6.29. The van der Waals surface area contributed by atoms with E-state index in [0.29, 0.717) is 11.6 Å². The molecule has 2 aromatic heterocycles. The number of hydrogen-bond donors (Lipinski definition) is 3. The number of amides is 1. The van der Waals surface area contributed by atoms with Crippen molar-refractivity contribution in [1.82, 2.24) is 20.1 Å². The van der Waals surface area contributed by atoms with E-state index < -0.39 is 5.91 Å². The molecule has 8 heteroatoms. The van der Waals surface area contributed by atoms with Crippen LogP contribution in [-0.4, -0.2) is 46.9 Å². The van der Waals surface area contributed by atoms with E-state index in [1.165, 1.54) is 0 Å². The Labute approximate surface area is 151 Å². The number of halogens is 1. The zero-order valence-corrected chi connectivity index (χ0v) is 14.9. The smallest absolute Gasteiger partial charge is 0.250 e. The number of benzene rings is 1. The SMILES string of the molecule is CN(c1ccc(C(N)=O)c2[nH]c(-c3cnn(C)c3)cc12)C1CNC1.Cl. The molecular weight excluding hydrogens is 340 g/mol. The van der Waals surface area contributed by atoms with Crippen LogP contribution in [-0.2, 0) is 7.05 Å². The molecule has 4 rings (SSSR count). The molecule has 25 heavy (non-hydrogen) atoms. The molecule has 4 N–H and O–H groups in total. The number of fused-ring (bicyclic) bond motifs is 1. The Morgan fingerprint density at radius 3 is 2.72 bits per heavy atom. The number of H-pyrrole nitrogens is 1. The first kappa shape index (κ1) is 17.3. The van der Waals surface area contributed by atoms with Crippen LogP contribution in [0, 0.1) is 0 Å². The predicted octanol–water partition coefficient (Wildman–Crippen LogP) is 1.50. The summed E-state index contributed by atoms with van der Waals surface area (Å²) < 4.78 is 1.75. The lowest BCUT2D eigenvalue weighted by molar-refractivity contribution is 0.100. The Kier molecular flexibility index (Phi) is 4.45. The third kappa shape index (κ3) is 2.85. The molecule has 1 amide bonds. The summed E-state index contributed by atoms with van der Waals surface area (Å²) in [5.74, 6) is -0.431. The maximum atomic E-state index is 11.8. The molecular formula is C17H21ClN6O. The number of carbonyl (C=O) groups is 1.